The van der Waals surface area contributed by atoms with Gasteiger partial charge in [-0.05, 0) is 19.8 Å². The Kier molecular flexibility index (Phi) is 4.08. The van der Waals surface area contributed by atoms with E-state index in [2.05, 4.69) is 25.5 Å². The first kappa shape index (κ1) is 13.9. The van der Waals surface area contributed by atoms with Gasteiger partial charge in [0.2, 0.25) is 5.95 Å². The molecule has 0 unspecified atom stereocenters. The van der Waals surface area contributed by atoms with E-state index in [-0.39, 0.29) is 6.03 Å². The van der Waals surface area contributed by atoms with Crippen LogP contribution in [-0.2, 0) is 0 Å². The van der Waals surface area contributed by atoms with Crippen LogP contribution < -0.4 is 15.5 Å². The Balaban J connectivity index is 1.58. The zero-order chi connectivity index (χ0) is 14.7. The maximum atomic E-state index is 11.5. The number of hydrogen-bond donors (Lipinski definition) is 2. The molecule has 1 aromatic heterocycles. The summed E-state index contributed by atoms with van der Waals surface area (Å²) in [5.74, 6) is 1.65. The average Bonchev–Trinajstić information content (AvgIpc) is 3.10. The lowest BCUT2D eigenvalue weighted by atomic mass is 10.4. The van der Waals surface area contributed by atoms with Gasteiger partial charge in [0.25, 0.3) is 0 Å². The van der Waals surface area contributed by atoms with Crippen LogP contribution in [0.15, 0.2) is 6.07 Å². The van der Waals surface area contributed by atoms with Crippen LogP contribution in [0.4, 0.5) is 16.6 Å². The molecule has 2 aliphatic heterocycles. The third-order valence-corrected chi connectivity index (χ3v) is 3.86. The standard InChI is InChI=1S/C14H22N6O/c1-11-10-12(15-4-8-20-9-5-16-14(20)21)18-13(17-11)19-6-2-3-7-19/h10H,2-9H2,1H3,(H,16,21)(H,15,17,18). The Bertz CT molecular complexity index is 514. The molecule has 0 radical (unpaired) electrons. The van der Waals surface area contributed by atoms with E-state index in [1.165, 1.54) is 12.8 Å². The van der Waals surface area contributed by atoms with Gasteiger partial charge < -0.3 is 20.4 Å². The van der Waals surface area contributed by atoms with E-state index in [1.54, 1.807) is 0 Å². The van der Waals surface area contributed by atoms with Gasteiger partial charge in [-0.25, -0.2) is 9.78 Å². The quantitative estimate of drug-likeness (QED) is 0.840. The van der Waals surface area contributed by atoms with Crippen LogP contribution in [0, 0.1) is 6.92 Å². The Labute approximate surface area is 124 Å². The largest absolute Gasteiger partial charge is 0.368 e. The summed E-state index contributed by atoms with van der Waals surface area (Å²) in [4.78, 5) is 24.6. The second kappa shape index (κ2) is 6.15. The summed E-state index contributed by atoms with van der Waals surface area (Å²) in [6.45, 7) is 6.97. The summed E-state index contributed by atoms with van der Waals surface area (Å²) in [5.41, 5.74) is 0.966. The number of hydrogen-bond acceptors (Lipinski definition) is 5. The highest BCUT2D eigenvalue weighted by molar-refractivity contribution is 5.76. The monoisotopic (exact) mass is 290 g/mol. The highest BCUT2D eigenvalue weighted by atomic mass is 16.2. The molecule has 2 saturated heterocycles. The minimum Gasteiger partial charge on any atom is -0.368 e. The van der Waals surface area contributed by atoms with Crippen LogP contribution in [0.5, 0.6) is 0 Å². The Morgan fingerprint density at radius 2 is 2.10 bits per heavy atom. The van der Waals surface area contributed by atoms with Crippen LogP contribution >= 0.6 is 0 Å². The summed E-state index contributed by atoms with van der Waals surface area (Å²) in [6, 6.07) is 1.97. The van der Waals surface area contributed by atoms with Crippen molar-refractivity contribution in [3.8, 4) is 0 Å². The number of aryl methyl sites for hydroxylation is 1. The number of urea groups is 1. The van der Waals surface area contributed by atoms with Gasteiger partial charge in [-0.15, -0.1) is 0 Å². The number of nitrogens with one attached hydrogen (secondary N) is 2. The van der Waals surface area contributed by atoms with Gasteiger partial charge in [0, 0.05) is 51.0 Å². The van der Waals surface area contributed by atoms with Crippen molar-refractivity contribution in [1.82, 2.24) is 20.2 Å². The minimum absolute atomic E-state index is 0.0217. The number of nitrogens with zero attached hydrogens (tertiary/aromatic N) is 4. The van der Waals surface area contributed by atoms with Gasteiger partial charge in [-0.3, -0.25) is 0 Å². The molecule has 2 N–H and O–H groups in total. The smallest absolute Gasteiger partial charge is 0.317 e. The molecule has 0 bridgehead atoms. The molecule has 2 amide bonds. The second-order valence-corrected chi connectivity index (χ2v) is 5.53. The summed E-state index contributed by atoms with van der Waals surface area (Å²) in [5, 5.41) is 6.10. The molecule has 0 aliphatic carbocycles. The average molecular weight is 290 g/mol. The fourth-order valence-electron chi connectivity index (χ4n) is 2.75. The molecule has 0 spiro atoms. The van der Waals surface area contributed by atoms with E-state index in [9.17, 15) is 4.79 Å². The zero-order valence-electron chi connectivity index (χ0n) is 12.4. The number of amides is 2. The van der Waals surface area contributed by atoms with Crippen molar-refractivity contribution in [2.75, 3.05) is 49.5 Å². The van der Waals surface area contributed by atoms with E-state index < -0.39 is 0 Å². The molecular formula is C14H22N6O. The van der Waals surface area contributed by atoms with Gasteiger partial charge in [0.15, 0.2) is 0 Å². The number of anilines is 2. The molecule has 2 fully saturated rings. The zero-order valence-corrected chi connectivity index (χ0v) is 12.4. The number of aromatic nitrogens is 2. The Morgan fingerprint density at radius 3 is 2.81 bits per heavy atom. The highest BCUT2D eigenvalue weighted by Crippen LogP contribution is 2.18. The van der Waals surface area contributed by atoms with Crippen molar-refractivity contribution in [2.24, 2.45) is 0 Å². The van der Waals surface area contributed by atoms with Crippen LogP contribution in [0.2, 0.25) is 0 Å². The lowest BCUT2D eigenvalue weighted by Gasteiger charge is -2.18. The normalized spacial score (nSPS) is 18.2. The van der Waals surface area contributed by atoms with Gasteiger partial charge in [-0.2, -0.15) is 4.98 Å². The van der Waals surface area contributed by atoms with Crippen LogP contribution in [0.25, 0.3) is 0 Å². The first-order valence-corrected chi connectivity index (χ1v) is 7.60. The Morgan fingerprint density at radius 1 is 1.29 bits per heavy atom. The van der Waals surface area contributed by atoms with Gasteiger partial charge >= 0.3 is 6.03 Å². The topological polar surface area (TPSA) is 73.4 Å². The van der Waals surface area contributed by atoms with Crippen LogP contribution in [0.3, 0.4) is 0 Å². The van der Waals surface area contributed by atoms with Gasteiger partial charge in [0.05, 0.1) is 0 Å². The van der Waals surface area contributed by atoms with Gasteiger partial charge in [-0.1, -0.05) is 0 Å². The molecular weight excluding hydrogens is 268 g/mol. The van der Waals surface area contributed by atoms with Crippen molar-refractivity contribution in [2.45, 2.75) is 19.8 Å². The lowest BCUT2D eigenvalue weighted by molar-refractivity contribution is 0.219. The SMILES string of the molecule is Cc1cc(NCCN2CCNC2=O)nc(N2CCCC2)n1. The molecule has 2 aliphatic rings. The number of carbonyl (C=O) groups is 1. The van der Waals surface area contributed by atoms with Crippen molar-refractivity contribution in [1.29, 1.82) is 0 Å². The molecule has 0 aromatic carbocycles. The summed E-state index contributed by atoms with van der Waals surface area (Å²) in [7, 11) is 0. The first-order valence-electron chi connectivity index (χ1n) is 7.60. The Hall–Kier alpha value is -2.05. The molecule has 0 atom stereocenters. The fraction of sp³-hybridized carbons (Fsp3) is 0.643. The van der Waals surface area contributed by atoms with Crippen LogP contribution in [0.1, 0.15) is 18.5 Å². The number of rotatable bonds is 5. The van der Waals surface area contributed by atoms with Crippen molar-refractivity contribution < 1.29 is 4.79 Å². The summed E-state index contributed by atoms with van der Waals surface area (Å²) >= 11 is 0. The lowest BCUT2D eigenvalue weighted by Crippen LogP contribution is -2.32. The van der Waals surface area contributed by atoms with E-state index >= 15 is 0 Å². The predicted molar refractivity (Wildman–Crippen MR) is 81.7 cm³/mol. The minimum atomic E-state index is 0.0217. The molecule has 7 heteroatoms. The van der Waals surface area contributed by atoms with E-state index in [0.29, 0.717) is 13.1 Å². The molecule has 1 aromatic rings. The molecule has 21 heavy (non-hydrogen) atoms. The third kappa shape index (κ3) is 3.34. The third-order valence-electron chi connectivity index (χ3n) is 3.86. The maximum Gasteiger partial charge on any atom is 0.317 e. The van der Waals surface area contributed by atoms with E-state index in [1.807, 2.05) is 17.9 Å². The van der Waals surface area contributed by atoms with Crippen molar-refractivity contribution in [3.63, 3.8) is 0 Å². The van der Waals surface area contributed by atoms with Crippen molar-refractivity contribution in [3.05, 3.63) is 11.8 Å². The molecule has 7 nitrogen and oxygen atoms in total. The maximum absolute atomic E-state index is 11.5. The summed E-state index contributed by atoms with van der Waals surface area (Å²) < 4.78 is 0. The predicted octanol–water partition coefficient (Wildman–Crippen LogP) is 0.822. The molecule has 3 heterocycles. The first-order chi connectivity index (χ1) is 10.2. The summed E-state index contributed by atoms with van der Waals surface area (Å²) in [6.07, 6.45) is 2.42. The van der Waals surface area contributed by atoms with Crippen LogP contribution in [-0.4, -0.2) is 60.2 Å². The molecule has 114 valence electrons. The van der Waals surface area contributed by atoms with E-state index in [4.69, 9.17) is 0 Å². The van der Waals surface area contributed by atoms with Gasteiger partial charge in [0.1, 0.15) is 5.82 Å². The fourth-order valence-corrected chi connectivity index (χ4v) is 2.75. The molecule has 0 saturated carbocycles. The highest BCUT2D eigenvalue weighted by Gasteiger charge is 2.19. The molecule has 3 rings (SSSR count). The van der Waals surface area contributed by atoms with E-state index in [0.717, 1.165) is 43.6 Å². The number of carbonyl (C=O) groups excluding carboxylic acids is 1. The second-order valence-electron chi connectivity index (χ2n) is 5.53. The van der Waals surface area contributed by atoms with Crippen molar-refractivity contribution >= 4 is 17.8 Å².